The van der Waals surface area contributed by atoms with E-state index in [4.69, 9.17) is 0 Å². The van der Waals surface area contributed by atoms with Crippen LogP contribution in [0.5, 0.6) is 0 Å². The molecule has 0 atom stereocenters. The summed E-state index contributed by atoms with van der Waals surface area (Å²) in [5, 5.41) is 9.10. The lowest BCUT2D eigenvalue weighted by Crippen LogP contribution is -2.43. The normalized spacial score (nSPS) is 11.0. The Morgan fingerprint density at radius 2 is 1.83 bits per heavy atom. The summed E-state index contributed by atoms with van der Waals surface area (Å²) in [6.45, 7) is 7.90. The van der Waals surface area contributed by atoms with Crippen molar-refractivity contribution in [1.29, 1.82) is 0 Å². The number of carbonyl (C=O) groups excluding carboxylic acids is 1. The lowest BCUT2D eigenvalue weighted by Gasteiger charge is -2.23. The van der Waals surface area contributed by atoms with Crippen LogP contribution in [-0.4, -0.2) is 51.6 Å². The van der Waals surface area contributed by atoms with Gasteiger partial charge in [0, 0.05) is 38.9 Å². The van der Waals surface area contributed by atoms with Crippen molar-refractivity contribution in [1.82, 2.24) is 16.0 Å². The van der Waals surface area contributed by atoms with Gasteiger partial charge in [-0.3, -0.25) is 9.79 Å². The number of benzene rings is 1. The predicted octanol–water partition coefficient (Wildman–Crippen LogP) is 1.59. The summed E-state index contributed by atoms with van der Waals surface area (Å²) in [5.41, 5.74) is 1.25. The van der Waals surface area contributed by atoms with Crippen molar-refractivity contribution in [2.45, 2.75) is 26.7 Å². The lowest BCUT2D eigenvalue weighted by molar-refractivity contribution is -0.120. The van der Waals surface area contributed by atoms with Crippen LogP contribution in [0.2, 0.25) is 0 Å². The third kappa shape index (κ3) is 7.85. The van der Waals surface area contributed by atoms with Crippen molar-refractivity contribution in [2.75, 3.05) is 44.7 Å². The van der Waals surface area contributed by atoms with Gasteiger partial charge in [0.15, 0.2) is 5.96 Å². The number of amides is 1. The molecule has 0 aliphatic heterocycles. The molecule has 1 aromatic rings. The fourth-order valence-corrected chi connectivity index (χ4v) is 2.30. The average Bonchev–Trinajstić information content (AvgIpc) is 2.63. The van der Waals surface area contributed by atoms with E-state index < -0.39 is 0 Å². The Balaban J connectivity index is 2.25. The smallest absolute Gasteiger partial charge is 0.239 e. The molecule has 0 unspecified atom stereocenters. The van der Waals surface area contributed by atoms with Crippen molar-refractivity contribution in [3.8, 4) is 0 Å². The average molecular weight is 333 g/mol. The monoisotopic (exact) mass is 333 g/mol. The lowest BCUT2D eigenvalue weighted by atomic mass is 10.2. The molecule has 0 saturated carbocycles. The molecule has 3 N–H and O–H groups in total. The summed E-state index contributed by atoms with van der Waals surface area (Å²) < 4.78 is 0. The highest BCUT2D eigenvalue weighted by molar-refractivity contribution is 5.86. The van der Waals surface area contributed by atoms with E-state index in [1.807, 2.05) is 13.0 Å². The van der Waals surface area contributed by atoms with Crippen molar-refractivity contribution in [3.63, 3.8) is 0 Å². The SMILES string of the molecule is CCCNC(=O)CNC(=NC)NCCCN(CC)c1ccccc1. The van der Waals surface area contributed by atoms with Crippen LogP contribution in [0, 0.1) is 0 Å². The molecule has 0 aliphatic carbocycles. The second kappa shape index (κ2) is 12.2. The van der Waals surface area contributed by atoms with Gasteiger partial charge in [0.25, 0.3) is 0 Å². The number of carbonyl (C=O) groups is 1. The zero-order valence-electron chi connectivity index (χ0n) is 15.1. The van der Waals surface area contributed by atoms with Crippen molar-refractivity contribution in [3.05, 3.63) is 30.3 Å². The van der Waals surface area contributed by atoms with E-state index in [-0.39, 0.29) is 12.5 Å². The molecule has 0 saturated heterocycles. The molecular formula is C18H31N5O. The molecule has 1 aromatic carbocycles. The first-order valence-corrected chi connectivity index (χ1v) is 8.72. The van der Waals surface area contributed by atoms with Crippen molar-refractivity contribution >= 4 is 17.6 Å². The number of nitrogens with zero attached hydrogens (tertiary/aromatic N) is 2. The van der Waals surface area contributed by atoms with E-state index in [0.717, 1.165) is 32.5 Å². The molecule has 0 fully saturated rings. The van der Waals surface area contributed by atoms with Gasteiger partial charge in [-0.25, -0.2) is 0 Å². The maximum absolute atomic E-state index is 11.6. The summed E-state index contributed by atoms with van der Waals surface area (Å²) in [4.78, 5) is 18.1. The van der Waals surface area contributed by atoms with E-state index in [1.54, 1.807) is 7.05 Å². The maximum atomic E-state index is 11.6. The Bertz CT molecular complexity index is 489. The second-order valence-electron chi connectivity index (χ2n) is 5.47. The van der Waals surface area contributed by atoms with Gasteiger partial charge in [-0.2, -0.15) is 0 Å². The standard InChI is InChI=1S/C18H31N5O/c1-4-12-20-17(24)15-22-18(19-3)21-13-9-14-23(5-2)16-10-7-6-8-11-16/h6-8,10-11H,4-5,9,12-15H2,1-3H3,(H,20,24)(H2,19,21,22). The predicted molar refractivity (Wildman–Crippen MR) is 102 cm³/mol. The molecule has 6 nitrogen and oxygen atoms in total. The fourth-order valence-electron chi connectivity index (χ4n) is 2.30. The third-order valence-corrected chi connectivity index (χ3v) is 3.61. The van der Waals surface area contributed by atoms with Gasteiger partial charge in [0.2, 0.25) is 5.91 Å². The highest BCUT2D eigenvalue weighted by Crippen LogP contribution is 2.12. The van der Waals surface area contributed by atoms with Gasteiger partial charge in [-0.15, -0.1) is 0 Å². The van der Waals surface area contributed by atoms with Crippen molar-refractivity contribution < 1.29 is 4.79 Å². The largest absolute Gasteiger partial charge is 0.372 e. The molecule has 1 rings (SSSR count). The Kier molecular flexibility index (Phi) is 10.1. The van der Waals surface area contributed by atoms with Crippen LogP contribution in [-0.2, 0) is 4.79 Å². The summed E-state index contributed by atoms with van der Waals surface area (Å²) in [7, 11) is 1.71. The Hall–Kier alpha value is -2.24. The van der Waals surface area contributed by atoms with Gasteiger partial charge in [-0.05, 0) is 31.9 Å². The molecule has 0 aliphatic rings. The highest BCUT2D eigenvalue weighted by atomic mass is 16.1. The first-order valence-electron chi connectivity index (χ1n) is 8.72. The first-order chi connectivity index (χ1) is 11.7. The molecule has 0 aromatic heterocycles. The Morgan fingerprint density at radius 3 is 2.46 bits per heavy atom. The molecule has 0 heterocycles. The zero-order valence-corrected chi connectivity index (χ0v) is 15.1. The van der Waals surface area contributed by atoms with Crippen LogP contribution in [0.4, 0.5) is 5.69 Å². The van der Waals surface area contributed by atoms with Crippen LogP contribution >= 0.6 is 0 Å². The third-order valence-electron chi connectivity index (χ3n) is 3.61. The van der Waals surface area contributed by atoms with Gasteiger partial charge in [0.1, 0.15) is 0 Å². The highest BCUT2D eigenvalue weighted by Gasteiger charge is 2.05. The minimum atomic E-state index is -0.0129. The molecule has 24 heavy (non-hydrogen) atoms. The Labute approximate surface area is 145 Å². The fraction of sp³-hybridized carbons (Fsp3) is 0.556. The minimum absolute atomic E-state index is 0.0129. The molecule has 6 heteroatoms. The van der Waals surface area contributed by atoms with Crippen LogP contribution in [0.15, 0.2) is 35.3 Å². The molecule has 134 valence electrons. The van der Waals surface area contributed by atoms with E-state index >= 15 is 0 Å². The van der Waals surface area contributed by atoms with Gasteiger partial charge in [0.05, 0.1) is 6.54 Å². The Morgan fingerprint density at radius 1 is 1.08 bits per heavy atom. The number of hydrogen-bond donors (Lipinski definition) is 3. The topological polar surface area (TPSA) is 68.8 Å². The number of anilines is 1. The van der Waals surface area contributed by atoms with E-state index in [0.29, 0.717) is 12.5 Å². The van der Waals surface area contributed by atoms with Gasteiger partial charge < -0.3 is 20.9 Å². The molecule has 1 amide bonds. The zero-order chi connectivity index (χ0) is 17.6. The van der Waals surface area contributed by atoms with Crippen LogP contribution in [0.25, 0.3) is 0 Å². The summed E-state index contributed by atoms with van der Waals surface area (Å²) in [6, 6.07) is 10.4. The molecular weight excluding hydrogens is 302 g/mol. The number of nitrogens with one attached hydrogen (secondary N) is 3. The quantitative estimate of drug-likeness (QED) is 0.346. The van der Waals surface area contributed by atoms with E-state index in [9.17, 15) is 4.79 Å². The summed E-state index contributed by atoms with van der Waals surface area (Å²) >= 11 is 0. The van der Waals surface area contributed by atoms with Crippen LogP contribution in [0.3, 0.4) is 0 Å². The minimum Gasteiger partial charge on any atom is -0.372 e. The first kappa shape index (κ1) is 19.8. The van der Waals surface area contributed by atoms with Crippen LogP contribution < -0.4 is 20.9 Å². The summed E-state index contributed by atoms with van der Waals surface area (Å²) in [6.07, 6.45) is 1.93. The van der Waals surface area contributed by atoms with E-state index in [2.05, 4.69) is 57.0 Å². The van der Waals surface area contributed by atoms with Crippen LogP contribution in [0.1, 0.15) is 26.7 Å². The van der Waals surface area contributed by atoms with E-state index in [1.165, 1.54) is 5.69 Å². The molecule has 0 spiro atoms. The maximum Gasteiger partial charge on any atom is 0.239 e. The number of aliphatic imine (C=N–C) groups is 1. The molecule has 0 bridgehead atoms. The number of para-hydroxylation sites is 1. The van der Waals surface area contributed by atoms with Gasteiger partial charge >= 0.3 is 0 Å². The summed E-state index contributed by atoms with van der Waals surface area (Å²) in [5.74, 6) is 0.644. The number of guanidine groups is 1. The number of hydrogen-bond acceptors (Lipinski definition) is 3. The molecule has 0 radical (unpaired) electrons. The second-order valence-corrected chi connectivity index (χ2v) is 5.47. The van der Waals surface area contributed by atoms with Gasteiger partial charge in [-0.1, -0.05) is 25.1 Å². The van der Waals surface area contributed by atoms with Crippen molar-refractivity contribution in [2.24, 2.45) is 4.99 Å². The number of rotatable bonds is 10.